The van der Waals surface area contributed by atoms with Crippen molar-refractivity contribution in [3.8, 4) is 17.1 Å². The molecule has 7 rings (SSSR count). The van der Waals surface area contributed by atoms with Crippen LogP contribution in [0.5, 0.6) is 5.75 Å². The van der Waals surface area contributed by atoms with Crippen LogP contribution in [0.15, 0.2) is 69.5 Å². The minimum absolute atomic E-state index is 0.0500. The normalized spacial score (nSPS) is 24.1. The summed E-state index contributed by atoms with van der Waals surface area (Å²) in [5.41, 5.74) is 3.53. The van der Waals surface area contributed by atoms with E-state index in [1.54, 1.807) is 49.3 Å². The average Bonchev–Trinajstić information content (AvgIpc) is 3.51. The maximum Gasteiger partial charge on any atom is 0.255 e. The number of halogens is 1. The highest BCUT2D eigenvalue weighted by atomic mass is 19.1. The van der Waals surface area contributed by atoms with Gasteiger partial charge < -0.3 is 40.4 Å². The number of piperazine rings is 1. The molecular formula is C36H37FN4O8. The molecule has 6 N–H and O–H groups in total. The van der Waals surface area contributed by atoms with Crippen LogP contribution in [0.3, 0.4) is 0 Å². The summed E-state index contributed by atoms with van der Waals surface area (Å²) in [7, 11) is 3.59. The number of hydrogen-bond acceptors (Lipinski definition) is 11. The van der Waals surface area contributed by atoms with E-state index in [1.165, 1.54) is 6.07 Å². The van der Waals surface area contributed by atoms with E-state index in [0.29, 0.717) is 61.2 Å². The topological polar surface area (TPSA) is 181 Å². The standard InChI is InChI=1S/C36H37FN4O8/c1-39(2)25-16-22(27-8-7-20(49-27)17-40-9-11-41(12-10-40)24-6-4-3-5-23(24)37)31(43)29-21(25)14-18-13-19-15-26(42)30(35(38)47)34(46)36(19,48)33(45)28(18)32(29)44/h3-8,16,18-19,42-43,45,48H,9-15,17H2,1-2H3,(H2,38,47)/t18-,19+,36+/m1/s1. The number of aliphatic hydroxyl groups excluding tert-OH is 2. The highest BCUT2D eigenvalue weighted by Gasteiger charge is 2.59. The molecule has 1 saturated heterocycles. The highest BCUT2D eigenvalue weighted by molar-refractivity contribution is 6.24. The summed E-state index contributed by atoms with van der Waals surface area (Å²) in [6.45, 7) is 3.12. The second kappa shape index (κ2) is 11.8. The molecule has 2 heterocycles. The van der Waals surface area contributed by atoms with Crippen molar-refractivity contribution in [2.24, 2.45) is 17.6 Å². The number of aliphatic hydroxyl groups is 3. The molecule has 0 unspecified atom stereocenters. The number of carbonyl (C=O) groups is 3. The number of primary amides is 1. The van der Waals surface area contributed by atoms with Crippen molar-refractivity contribution >= 4 is 28.8 Å². The van der Waals surface area contributed by atoms with Crippen LogP contribution in [0, 0.1) is 17.7 Å². The third kappa shape index (κ3) is 5.06. The Balaban J connectivity index is 1.19. The number of ketones is 2. The first-order valence-corrected chi connectivity index (χ1v) is 16.2. The number of hydrogen-bond donors (Lipinski definition) is 5. The van der Waals surface area contributed by atoms with E-state index in [0.717, 1.165) is 0 Å². The van der Waals surface area contributed by atoms with E-state index in [2.05, 4.69) is 4.90 Å². The molecule has 3 atom stereocenters. The lowest BCUT2D eigenvalue weighted by atomic mass is 9.60. The minimum atomic E-state index is -2.64. The van der Waals surface area contributed by atoms with Crippen molar-refractivity contribution in [3.63, 3.8) is 0 Å². The van der Waals surface area contributed by atoms with Crippen molar-refractivity contribution in [1.29, 1.82) is 0 Å². The Kier molecular flexibility index (Phi) is 7.79. The van der Waals surface area contributed by atoms with E-state index in [1.807, 2.05) is 11.0 Å². The number of phenols is 1. The number of carbonyl (C=O) groups excluding carboxylic acids is 3. The van der Waals surface area contributed by atoms with Gasteiger partial charge in [0.1, 0.15) is 40.2 Å². The van der Waals surface area contributed by atoms with Gasteiger partial charge in [-0.05, 0) is 54.7 Å². The summed E-state index contributed by atoms with van der Waals surface area (Å²) >= 11 is 0. The lowest BCUT2D eigenvalue weighted by molar-refractivity contribution is -0.144. The number of phenolic OH excluding ortho intramolecular Hbond substituents is 1. The monoisotopic (exact) mass is 672 g/mol. The van der Waals surface area contributed by atoms with E-state index in [9.17, 15) is 39.2 Å². The van der Waals surface area contributed by atoms with Gasteiger partial charge in [-0.1, -0.05) is 12.1 Å². The second-order valence-electron chi connectivity index (χ2n) is 13.4. The van der Waals surface area contributed by atoms with E-state index >= 15 is 0 Å². The van der Waals surface area contributed by atoms with Crippen LogP contribution >= 0.6 is 0 Å². The zero-order valence-corrected chi connectivity index (χ0v) is 27.1. The SMILES string of the molecule is CN(C)c1cc(-c2ccc(CN3CCN(c4ccccc4F)CC3)o2)c(O)c2c1C[C@H]1C[C@H]3CC(O)=C(C(N)=O)C(=O)[C@@]3(O)C(O)=C1C2=O. The van der Waals surface area contributed by atoms with E-state index in [4.69, 9.17) is 10.2 Å². The smallest absolute Gasteiger partial charge is 0.255 e. The Bertz CT molecular complexity index is 1970. The lowest BCUT2D eigenvalue weighted by Gasteiger charge is -2.45. The third-order valence-corrected chi connectivity index (χ3v) is 10.4. The van der Waals surface area contributed by atoms with Crippen LogP contribution in [0.2, 0.25) is 0 Å². The first-order chi connectivity index (χ1) is 23.3. The Morgan fingerprint density at radius 3 is 2.45 bits per heavy atom. The molecule has 0 saturated carbocycles. The molecule has 1 fully saturated rings. The number of furan rings is 1. The summed E-state index contributed by atoms with van der Waals surface area (Å²) in [5.74, 6) is -6.07. The van der Waals surface area contributed by atoms with Gasteiger partial charge in [-0.3, -0.25) is 19.3 Å². The third-order valence-electron chi connectivity index (χ3n) is 10.4. The number of benzene rings is 2. The molecule has 12 nitrogen and oxygen atoms in total. The molecule has 13 heteroatoms. The lowest BCUT2D eigenvalue weighted by Crippen LogP contribution is -2.57. The van der Waals surface area contributed by atoms with Gasteiger partial charge in [0.05, 0.1) is 23.4 Å². The van der Waals surface area contributed by atoms with Gasteiger partial charge in [-0.2, -0.15) is 0 Å². The Morgan fingerprint density at radius 1 is 1.06 bits per heavy atom. The predicted molar refractivity (Wildman–Crippen MR) is 177 cm³/mol. The van der Waals surface area contributed by atoms with Crippen LogP contribution in [0.4, 0.5) is 15.8 Å². The van der Waals surface area contributed by atoms with Gasteiger partial charge in [-0.25, -0.2) is 4.39 Å². The molecule has 3 aliphatic carbocycles. The van der Waals surface area contributed by atoms with Crippen LogP contribution in [0.25, 0.3) is 11.3 Å². The number of nitrogens with two attached hydrogens (primary N) is 1. The fraction of sp³-hybridized carbons (Fsp3) is 0.361. The Morgan fingerprint density at radius 2 is 1.78 bits per heavy atom. The molecule has 1 aliphatic heterocycles. The van der Waals surface area contributed by atoms with Gasteiger partial charge in [-0.15, -0.1) is 0 Å². The van der Waals surface area contributed by atoms with Crippen molar-refractivity contribution in [2.75, 3.05) is 50.1 Å². The van der Waals surface area contributed by atoms with E-state index < -0.39 is 52.0 Å². The second-order valence-corrected chi connectivity index (χ2v) is 13.4. The van der Waals surface area contributed by atoms with Crippen LogP contribution in [-0.2, 0) is 22.6 Å². The Hall–Kier alpha value is -5.14. The molecule has 0 spiro atoms. The van der Waals surface area contributed by atoms with Gasteiger partial charge in [0.25, 0.3) is 5.91 Å². The number of Topliss-reactive ketones (excluding diaryl/α,β-unsaturated/α-hetero) is 2. The first kappa shape index (κ1) is 32.4. The van der Waals surface area contributed by atoms with Crippen LogP contribution in [-0.4, -0.2) is 88.7 Å². The number of aromatic hydroxyl groups is 1. The van der Waals surface area contributed by atoms with Crippen molar-refractivity contribution in [3.05, 3.63) is 87.8 Å². The molecule has 4 aliphatic rings. The molecule has 2 aromatic carbocycles. The molecular weight excluding hydrogens is 635 g/mol. The highest BCUT2D eigenvalue weighted by Crippen LogP contribution is 2.53. The molecule has 0 radical (unpaired) electrons. The summed E-state index contributed by atoms with van der Waals surface area (Å²) < 4.78 is 20.5. The largest absolute Gasteiger partial charge is 0.511 e. The van der Waals surface area contributed by atoms with Crippen LogP contribution < -0.4 is 15.5 Å². The molecule has 1 amide bonds. The zero-order chi connectivity index (χ0) is 34.9. The molecule has 49 heavy (non-hydrogen) atoms. The number of amides is 1. The zero-order valence-electron chi connectivity index (χ0n) is 27.1. The van der Waals surface area contributed by atoms with Gasteiger partial charge in [0, 0.05) is 63.9 Å². The molecule has 256 valence electrons. The summed E-state index contributed by atoms with van der Waals surface area (Å²) in [6, 6.07) is 11.9. The fourth-order valence-corrected chi connectivity index (χ4v) is 7.94. The predicted octanol–water partition coefficient (Wildman–Crippen LogP) is 3.37. The number of anilines is 2. The Labute approximate surface area is 281 Å². The first-order valence-electron chi connectivity index (χ1n) is 16.2. The van der Waals surface area contributed by atoms with Crippen molar-refractivity contribution in [1.82, 2.24) is 4.90 Å². The van der Waals surface area contributed by atoms with Crippen molar-refractivity contribution < 1.29 is 43.6 Å². The number of nitrogens with zero attached hydrogens (tertiary/aromatic N) is 3. The minimum Gasteiger partial charge on any atom is -0.511 e. The fourth-order valence-electron chi connectivity index (χ4n) is 7.94. The van der Waals surface area contributed by atoms with Crippen LogP contribution in [0.1, 0.15) is 34.5 Å². The molecule has 3 aromatic rings. The quantitative estimate of drug-likeness (QED) is 0.242. The molecule has 0 bridgehead atoms. The number of para-hydroxylation sites is 1. The van der Waals surface area contributed by atoms with E-state index in [-0.39, 0.29) is 47.5 Å². The van der Waals surface area contributed by atoms with Crippen molar-refractivity contribution in [2.45, 2.75) is 31.4 Å². The van der Waals surface area contributed by atoms with Gasteiger partial charge in [0.2, 0.25) is 5.78 Å². The number of allylic oxidation sites excluding steroid dienone is 2. The summed E-state index contributed by atoms with van der Waals surface area (Å²) in [5, 5.41) is 45.0. The number of rotatable bonds is 6. The maximum absolute atomic E-state index is 14.3. The molecule has 1 aromatic heterocycles. The maximum atomic E-state index is 14.3. The van der Waals surface area contributed by atoms with Gasteiger partial charge in [0.15, 0.2) is 11.4 Å². The average molecular weight is 673 g/mol. The van der Waals surface area contributed by atoms with Gasteiger partial charge >= 0.3 is 0 Å². The summed E-state index contributed by atoms with van der Waals surface area (Å²) in [6.07, 6.45) is -0.0470. The number of fused-ring (bicyclic) bond motifs is 3. The summed E-state index contributed by atoms with van der Waals surface area (Å²) in [4.78, 5) is 45.5.